The SMILES string of the molecule is CC(C)c1nc(N)cc(NCC(C)(O)CO)n1. The number of hydrogen-bond acceptors (Lipinski definition) is 6. The van der Waals surface area contributed by atoms with Gasteiger partial charge in [0.25, 0.3) is 0 Å². The van der Waals surface area contributed by atoms with Gasteiger partial charge in [-0.1, -0.05) is 13.8 Å². The van der Waals surface area contributed by atoms with Gasteiger partial charge in [-0.25, -0.2) is 9.97 Å². The standard InChI is InChI=1S/C11H20N4O2/c1-7(2)10-14-8(12)4-9(15-10)13-5-11(3,17)6-16/h4,7,16-17H,5-6H2,1-3H3,(H3,12,13,14,15). The summed E-state index contributed by atoms with van der Waals surface area (Å²) in [4.78, 5) is 8.39. The maximum atomic E-state index is 9.65. The van der Waals surface area contributed by atoms with Gasteiger partial charge in [-0.15, -0.1) is 0 Å². The van der Waals surface area contributed by atoms with Crippen LogP contribution in [0.2, 0.25) is 0 Å². The number of nitrogens with zero attached hydrogens (tertiary/aromatic N) is 2. The van der Waals surface area contributed by atoms with Gasteiger partial charge in [-0.05, 0) is 6.92 Å². The molecule has 1 rings (SSSR count). The first-order valence-corrected chi connectivity index (χ1v) is 5.55. The van der Waals surface area contributed by atoms with Crippen molar-refractivity contribution >= 4 is 11.6 Å². The van der Waals surface area contributed by atoms with Crippen LogP contribution in [0.1, 0.15) is 32.5 Å². The highest BCUT2D eigenvalue weighted by molar-refractivity contribution is 5.45. The van der Waals surface area contributed by atoms with E-state index in [4.69, 9.17) is 10.8 Å². The van der Waals surface area contributed by atoms with Gasteiger partial charge in [0.2, 0.25) is 0 Å². The molecule has 6 nitrogen and oxygen atoms in total. The van der Waals surface area contributed by atoms with E-state index >= 15 is 0 Å². The summed E-state index contributed by atoms with van der Waals surface area (Å²) in [7, 11) is 0. The molecule has 0 saturated heterocycles. The highest BCUT2D eigenvalue weighted by Gasteiger charge is 2.19. The van der Waals surface area contributed by atoms with Gasteiger partial charge in [0.1, 0.15) is 23.1 Å². The largest absolute Gasteiger partial charge is 0.393 e. The summed E-state index contributed by atoms with van der Waals surface area (Å²) in [6.45, 7) is 5.36. The average molecular weight is 240 g/mol. The molecule has 96 valence electrons. The highest BCUT2D eigenvalue weighted by atomic mass is 16.3. The van der Waals surface area contributed by atoms with Gasteiger partial charge in [0, 0.05) is 18.5 Å². The third-order valence-electron chi connectivity index (χ3n) is 2.27. The number of hydrogen-bond donors (Lipinski definition) is 4. The van der Waals surface area contributed by atoms with Crippen LogP contribution in [-0.4, -0.2) is 38.9 Å². The molecule has 1 aromatic heterocycles. The molecule has 1 aromatic rings. The molecular weight excluding hydrogens is 220 g/mol. The number of rotatable bonds is 5. The summed E-state index contributed by atoms with van der Waals surface area (Å²) in [6, 6.07) is 1.60. The van der Waals surface area contributed by atoms with Crippen LogP contribution in [0.5, 0.6) is 0 Å². The number of nitrogen functional groups attached to an aromatic ring is 1. The van der Waals surface area contributed by atoms with E-state index in [1.54, 1.807) is 6.07 Å². The van der Waals surface area contributed by atoms with Crippen LogP contribution in [0, 0.1) is 0 Å². The van der Waals surface area contributed by atoms with Crippen molar-refractivity contribution in [1.82, 2.24) is 9.97 Å². The normalized spacial score (nSPS) is 14.7. The van der Waals surface area contributed by atoms with Crippen LogP contribution in [0.15, 0.2) is 6.07 Å². The van der Waals surface area contributed by atoms with E-state index < -0.39 is 5.60 Å². The predicted molar refractivity (Wildman–Crippen MR) is 66.7 cm³/mol. The fourth-order valence-electron chi connectivity index (χ4n) is 1.17. The Morgan fingerprint density at radius 2 is 2.12 bits per heavy atom. The quantitative estimate of drug-likeness (QED) is 0.591. The van der Waals surface area contributed by atoms with Gasteiger partial charge in [0.05, 0.1) is 6.61 Å². The van der Waals surface area contributed by atoms with E-state index in [1.165, 1.54) is 6.92 Å². The van der Waals surface area contributed by atoms with E-state index in [1.807, 2.05) is 13.8 Å². The van der Waals surface area contributed by atoms with Gasteiger partial charge in [-0.2, -0.15) is 0 Å². The molecule has 0 aromatic carbocycles. The van der Waals surface area contributed by atoms with Crippen LogP contribution < -0.4 is 11.1 Å². The number of nitrogens with one attached hydrogen (secondary N) is 1. The molecule has 0 aliphatic rings. The van der Waals surface area contributed by atoms with Crippen LogP contribution >= 0.6 is 0 Å². The molecule has 0 bridgehead atoms. The minimum absolute atomic E-state index is 0.178. The van der Waals surface area contributed by atoms with Gasteiger partial charge in [-0.3, -0.25) is 0 Å². The first kappa shape index (κ1) is 13.7. The third-order valence-corrected chi connectivity index (χ3v) is 2.27. The Bertz CT molecular complexity index is 380. The molecule has 0 aliphatic carbocycles. The number of anilines is 2. The zero-order valence-electron chi connectivity index (χ0n) is 10.4. The minimum atomic E-state index is -1.18. The lowest BCUT2D eigenvalue weighted by Crippen LogP contribution is -2.37. The molecular formula is C11H20N4O2. The summed E-state index contributed by atoms with van der Waals surface area (Å²) in [6.07, 6.45) is 0. The average Bonchev–Trinajstić information content (AvgIpc) is 2.26. The number of aromatic nitrogens is 2. The van der Waals surface area contributed by atoms with Crippen molar-refractivity contribution in [3.05, 3.63) is 11.9 Å². The first-order chi connectivity index (χ1) is 7.84. The molecule has 1 heterocycles. The second-order valence-electron chi connectivity index (χ2n) is 4.70. The molecule has 0 amide bonds. The van der Waals surface area contributed by atoms with Crippen molar-refractivity contribution < 1.29 is 10.2 Å². The predicted octanol–water partition coefficient (Wildman–Crippen LogP) is 0.337. The zero-order chi connectivity index (χ0) is 13.1. The van der Waals surface area contributed by atoms with Crippen LogP contribution in [0.3, 0.4) is 0 Å². The van der Waals surface area contributed by atoms with Crippen molar-refractivity contribution in [3.63, 3.8) is 0 Å². The van der Waals surface area contributed by atoms with Crippen molar-refractivity contribution in [2.45, 2.75) is 32.3 Å². The molecule has 5 N–H and O–H groups in total. The van der Waals surface area contributed by atoms with E-state index in [2.05, 4.69) is 15.3 Å². The summed E-state index contributed by atoms with van der Waals surface area (Å²) < 4.78 is 0. The Labute approximate surface area is 101 Å². The number of aliphatic hydroxyl groups excluding tert-OH is 1. The van der Waals surface area contributed by atoms with Gasteiger partial charge < -0.3 is 21.3 Å². The Morgan fingerprint density at radius 3 is 2.65 bits per heavy atom. The second kappa shape index (κ2) is 5.29. The van der Waals surface area contributed by atoms with E-state index in [9.17, 15) is 5.11 Å². The molecule has 0 fully saturated rings. The molecule has 0 aliphatic heterocycles. The Kier molecular flexibility index (Phi) is 4.25. The summed E-state index contributed by atoms with van der Waals surface area (Å²) in [5.74, 6) is 1.76. The maximum Gasteiger partial charge on any atom is 0.135 e. The van der Waals surface area contributed by atoms with Crippen molar-refractivity contribution in [3.8, 4) is 0 Å². The van der Waals surface area contributed by atoms with Crippen LogP contribution in [0.25, 0.3) is 0 Å². The summed E-state index contributed by atoms with van der Waals surface area (Å²) in [5.41, 5.74) is 4.48. The molecule has 0 saturated carbocycles. The summed E-state index contributed by atoms with van der Waals surface area (Å²) >= 11 is 0. The Hall–Kier alpha value is -1.40. The monoisotopic (exact) mass is 240 g/mol. The van der Waals surface area contributed by atoms with Crippen molar-refractivity contribution in [2.24, 2.45) is 0 Å². The van der Waals surface area contributed by atoms with Gasteiger partial charge >= 0.3 is 0 Å². The molecule has 17 heavy (non-hydrogen) atoms. The molecule has 0 radical (unpaired) electrons. The molecule has 1 atom stereocenters. The minimum Gasteiger partial charge on any atom is -0.393 e. The smallest absolute Gasteiger partial charge is 0.135 e. The maximum absolute atomic E-state index is 9.65. The van der Waals surface area contributed by atoms with E-state index in [0.717, 1.165) is 0 Å². The number of nitrogens with two attached hydrogens (primary N) is 1. The first-order valence-electron chi connectivity index (χ1n) is 5.55. The fourth-order valence-corrected chi connectivity index (χ4v) is 1.17. The molecule has 6 heteroatoms. The second-order valence-corrected chi connectivity index (χ2v) is 4.70. The zero-order valence-corrected chi connectivity index (χ0v) is 10.4. The lowest BCUT2D eigenvalue weighted by atomic mass is 10.1. The number of aliphatic hydroxyl groups is 2. The third kappa shape index (κ3) is 4.16. The lowest BCUT2D eigenvalue weighted by Gasteiger charge is -2.21. The van der Waals surface area contributed by atoms with E-state index in [-0.39, 0.29) is 19.1 Å². The lowest BCUT2D eigenvalue weighted by molar-refractivity contribution is 0.0131. The van der Waals surface area contributed by atoms with E-state index in [0.29, 0.717) is 17.5 Å². The Balaban J connectivity index is 2.78. The molecule has 0 spiro atoms. The summed E-state index contributed by atoms with van der Waals surface area (Å²) in [5, 5.41) is 21.5. The topological polar surface area (TPSA) is 104 Å². The van der Waals surface area contributed by atoms with Crippen molar-refractivity contribution in [2.75, 3.05) is 24.2 Å². The van der Waals surface area contributed by atoms with Crippen LogP contribution in [0.4, 0.5) is 11.6 Å². The van der Waals surface area contributed by atoms with Crippen LogP contribution in [-0.2, 0) is 0 Å². The van der Waals surface area contributed by atoms with Gasteiger partial charge in [0.15, 0.2) is 0 Å². The highest BCUT2D eigenvalue weighted by Crippen LogP contribution is 2.15. The molecule has 1 unspecified atom stereocenters. The Morgan fingerprint density at radius 1 is 1.47 bits per heavy atom. The van der Waals surface area contributed by atoms with Crippen molar-refractivity contribution in [1.29, 1.82) is 0 Å². The fraction of sp³-hybridized carbons (Fsp3) is 0.636.